The molecule has 3 heteroatoms. The topological polar surface area (TPSA) is 12.0 Å². The van der Waals surface area contributed by atoms with E-state index in [9.17, 15) is 4.39 Å². The summed E-state index contributed by atoms with van der Waals surface area (Å²) in [7, 11) is 1.75. The van der Waals surface area contributed by atoms with Crippen molar-refractivity contribution >= 4 is 17.4 Å². The van der Waals surface area contributed by atoms with Crippen molar-refractivity contribution in [2.24, 2.45) is 0 Å². The molecule has 0 unspecified atom stereocenters. The Bertz CT molecular complexity index is 361. The summed E-state index contributed by atoms with van der Waals surface area (Å²) >= 11 is 1.62. The Hall–Kier alpha value is -0.700. The van der Waals surface area contributed by atoms with E-state index in [-0.39, 0.29) is 5.82 Å². The van der Waals surface area contributed by atoms with E-state index in [1.165, 1.54) is 5.56 Å². The van der Waals surface area contributed by atoms with Gasteiger partial charge >= 0.3 is 0 Å². The summed E-state index contributed by atoms with van der Waals surface area (Å²) in [6.45, 7) is 6.10. The zero-order valence-corrected chi connectivity index (χ0v) is 10.8. The number of anilines is 1. The van der Waals surface area contributed by atoms with E-state index in [1.54, 1.807) is 18.8 Å². The van der Waals surface area contributed by atoms with Gasteiger partial charge in [-0.1, -0.05) is 13.8 Å². The number of benzene rings is 1. The zero-order chi connectivity index (χ0) is 11.6. The Morgan fingerprint density at radius 2 is 2.00 bits per heavy atom. The molecule has 0 aliphatic rings. The van der Waals surface area contributed by atoms with Crippen LogP contribution in [-0.4, -0.2) is 13.3 Å². The fraction of sp³-hybridized carbons (Fsp3) is 0.500. The van der Waals surface area contributed by atoms with Gasteiger partial charge in [0.05, 0.1) is 5.69 Å². The largest absolute Gasteiger partial charge is 0.386 e. The summed E-state index contributed by atoms with van der Waals surface area (Å²) < 4.78 is 13.8. The van der Waals surface area contributed by atoms with Gasteiger partial charge < -0.3 is 5.32 Å². The molecule has 1 aromatic carbocycles. The fourth-order valence-corrected chi connectivity index (χ4v) is 2.61. The third kappa shape index (κ3) is 2.28. The average Bonchev–Trinajstić information content (AvgIpc) is 2.21. The lowest BCUT2D eigenvalue weighted by atomic mass is 9.99. The van der Waals surface area contributed by atoms with E-state index in [0.29, 0.717) is 11.6 Å². The van der Waals surface area contributed by atoms with Gasteiger partial charge in [-0.3, -0.25) is 0 Å². The number of hydrogen-bond acceptors (Lipinski definition) is 2. The molecule has 0 bridgehead atoms. The lowest BCUT2D eigenvalue weighted by molar-refractivity contribution is 0.614. The first-order chi connectivity index (χ1) is 7.02. The van der Waals surface area contributed by atoms with Gasteiger partial charge in [0.2, 0.25) is 0 Å². The highest BCUT2D eigenvalue weighted by atomic mass is 32.2. The quantitative estimate of drug-likeness (QED) is 0.783. The van der Waals surface area contributed by atoms with E-state index in [2.05, 4.69) is 19.2 Å². The summed E-state index contributed by atoms with van der Waals surface area (Å²) in [4.78, 5) is 1.07. The van der Waals surface area contributed by atoms with Crippen LogP contribution in [0.5, 0.6) is 0 Å². The number of thioether (sulfide) groups is 1. The molecule has 0 aromatic heterocycles. The molecule has 84 valence electrons. The first-order valence-corrected chi connectivity index (χ1v) is 6.30. The highest BCUT2D eigenvalue weighted by molar-refractivity contribution is 7.98. The monoisotopic (exact) mass is 227 g/mol. The van der Waals surface area contributed by atoms with Crippen molar-refractivity contribution in [2.45, 2.75) is 31.6 Å². The smallest absolute Gasteiger partial charge is 0.150 e. The van der Waals surface area contributed by atoms with Crippen molar-refractivity contribution < 1.29 is 4.39 Å². The molecule has 0 atom stereocenters. The molecule has 1 aromatic rings. The van der Waals surface area contributed by atoms with Crippen molar-refractivity contribution in [1.29, 1.82) is 0 Å². The van der Waals surface area contributed by atoms with Crippen LogP contribution in [0.4, 0.5) is 10.1 Å². The van der Waals surface area contributed by atoms with Crippen LogP contribution in [0, 0.1) is 12.7 Å². The van der Waals surface area contributed by atoms with Crippen LogP contribution >= 0.6 is 11.8 Å². The maximum Gasteiger partial charge on any atom is 0.150 e. The maximum atomic E-state index is 13.8. The van der Waals surface area contributed by atoms with Gasteiger partial charge in [-0.05, 0) is 30.7 Å². The van der Waals surface area contributed by atoms with Gasteiger partial charge in [0, 0.05) is 17.5 Å². The van der Waals surface area contributed by atoms with Crippen LogP contribution in [0.1, 0.15) is 30.9 Å². The van der Waals surface area contributed by atoms with Gasteiger partial charge in [-0.25, -0.2) is 4.39 Å². The third-order valence-corrected chi connectivity index (χ3v) is 3.51. The molecule has 15 heavy (non-hydrogen) atoms. The van der Waals surface area contributed by atoms with E-state index >= 15 is 0 Å². The van der Waals surface area contributed by atoms with Crippen molar-refractivity contribution in [3.8, 4) is 0 Å². The fourth-order valence-electron chi connectivity index (χ4n) is 1.68. The molecule has 0 fully saturated rings. The Morgan fingerprint density at radius 3 is 2.40 bits per heavy atom. The second-order valence-electron chi connectivity index (χ2n) is 3.89. The molecule has 0 amide bonds. The van der Waals surface area contributed by atoms with Crippen molar-refractivity contribution in [2.75, 3.05) is 18.6 Å². The predicted octanol–water partition coefficient (Wildman–Crippen LogP) is 4.02. The van der Waals surface area contributed by atoms with Crippen LogP contribution in [0.2, 0.25) is 0 Å². The third-order valence-electron chi connectivity index (χ3n) is 2.56. The Morgan fingerprint density at radius 1 is 1.40 bits per heavy atom. The molecule has 0 spiro atoms. The maximum absolute atomic E-state index is 13.8. The SMILES string of the molecule is CNc1cc(C(C)C)c(SC)c(C)c1F. The van der Waals surface area contributed by atoms with Crippen LogP contribution in [0.15, 0.2) is 11.0 Å². The summed E-state index contributed by atoms with van der Waals surface area (Å²) in [6, 6.07) is 1.92. The van der Waals surface area contributed by atoms with Crippen molar-refractivity contribution in [3.05, 3.63) is 23.0 Å². The van der Waals surface area contributed by atoms with Crippen LogP contribution < -0.4 is 5.32 Å². The van der Waals surface area contributed by atoms with Crippen LogP contribution in [-0.2, 0) is 0 Å². The number of nitrogens with one attached hydrogen (secondary N) is 1. The van der Waals surface area contributed by atoms with Gasteiger partial charge in [0.15, 0.2) is 0 Å². The first-order valence-electron chi connectivity index (χ1n) is 5.07. The highest BCUT2D eigenvalue weighted by Gasteiger charge is 2.15. The molecule has 0 aliphatic carbocycles. The van der Waals surface area contributed by atoms with Gasteiger partial charge in [0.25, 0.3) is 0 Å². The second-order valence-corrected chi connectivity index (χ2v) is 4.71. The van der Waals surface area contributed by atoms with E-state index in [1.807, 2.05) is 19.2 Å². The Balaban J connectivity index is 3.44. The second kappa shape index (κ2) is 4.88. The van der Waals surface area contributed by atoms with Gasteiger partial charge in [-0.2, -0.15) is 0 Å². The molecule has 1 nitrogen and oxygen atoms in total. The van der Waals surface area contributed by atoms with E-state index < -0.39 is 0 Å². The lowest BCUT2D eigenvalue weighted by Crippen LogP contribution is -2.02. The number of halogens is 1. The lowest BCUT2D eigenvalue weighted by Gasteiger charge is -2.17. The summed E-state index contributed by atoms with van der Waals surface area (Å²) in [5.41, 5.74) is 2.55. The molecule has 0 saturated heterocycles. The summed E-state index contributed by atoms with van der Waals surface area (Å²) in [6.07, 6.45) is 1.99. The molecule has 0 aliphatic heterocycles. The number of rotatable bonds is 3. The summed E-state index contributed by atoms with van der Waals surface area (Å²) in [5.74, 6) is 0.282. The van der Waals surface area contributed by atoms with Crippen molar-refractivity contribution in [3.63, 3.8) is 0 Å². The minimum Gasteiger partial charge on any atom is -0.386 e. The highest BCUT2D eigenvalue weighted by Crippen LogP contribution is 2.35. The molecular weight excluding hydrogens is 209 g/mol. The first kappa shape index (κ1) is 12.4. The standard InChI is InChI=1S/C12H18FNS/c1-7(2)9-6-10(14-4)11(13)8(3)12(9)15-5/h6-7,14H,1-5H3. The normalized spacial score (nSPS) is 10.9. The minimum atomic E-state index is -0.133. The zero-order valence-electron chi connectivity index (χ0n) is 9.94. The molecule has 0 saturated carbocycles. The molecular formula is C12H18FNS. The van der Waals surface area contributed by atoms with Crippen LogP contribution in [0.25, 0.3) is 0 Å². The van der Waals surface area contributed by atoms with Crippen molar-refractivity contribution in [1.82, 2.24) is 0 Å². The molecule has 0 radical (unpaired) electrons. The minimum absolute atomic E-state index is 0.133. The van der Waals surface area contributed by atoms with E-state index in [0.717, 1.165) is 10.5 Å². The summed E-state index contributed by atoms with van der Waals surface area (Å²) in [5, 5.41) is 2.90. The molecule has 1 rings (SSSR count). The number of hydrogen-bond donors (Lipinski definition) is 1. The van der Waals surface area contributed by atoms with E-state index in [4.69, 9.17) is 0 Å². The van der Waals surface area contributed by atoms with Crippen LogP contribution in [0.3, 0.4) is 0 Å². The Labute approximate surface area is 95.5 Å². The average molecular weight is 227 g/mol. The Kier molecular flexibility index (Phi) is 4.03. The van der Waals surface area contributed by atoms with Gasteiger partial charge in [-0.15, -0.1) is 11.8 Å². The molecule has 0 heterocycles. The molecule has 1 N–H and O–H groups in total. The van der Waals surface area contributed by atoms with Gasteiger partial charge in [0.1, 0.15) is 5.82 Å². The predicted molar refractivity (Wildman–Crippen MR) is 66.6 cm³/mol.